The molecule has 140 valence electrons. The third kappa shape index (κ3) is 3.91. The lowest BCUT2D eigenvalue weighted by atomic mass is 10.2. The van der Waals surface area contributed by atoms with Crippen LogP contribution in [0.25, 0.3) is 0 Å². The van der Waals surface area contributed by atoms with Gasteiger partial charge < -0.3 is 9.47 Å². The van der Waals surface area contributed by atoms with Gasteiger partial charge in [0.15, 0.2) is 0 Å². The van der Waals surface area contributed by atoms with Gasteiger partial charge in [-0.2, -0.15) is 0 Å². The van der Waals surface area contributed by atoms with E-state index in [2.05, 4.69) is 0 Å². The second-order valence-electron chi connectivity index (χ2n) is 5.27. The first-order chi connectivity index (χ1) is 12.2. The first-order valence-electron chi connectivity index (χ1n) is 7.43. The Morgan fingerprint density at radius 1 is 1.12 bits per heavy atom. The number of hydrogen-bond donors (Lipinski definition) is 0. The summed E-state index contributed by atoms with van der Waals surface area (Å²) >= 11 is 5.58. The highest BCUT2D eigenvalue weighted by atomic mass is 35.5. The Kier molecular flexibility index (Phi) is 6.09. The summed E-state index contributed by atoms with van der Waals surface area (Å²) in [5.41, 5.74) is 0.0673. The first kappa shape index (κ1) is 20.0. The molecule has 0 spiro atoms. The minimum absolute atomic E-state index is 0.0673. The van der Waals surface area contributed by atoms with Gasteiger partial charge in [0.2, 0.25) is 5.24 Å². The maximum Gasteiger partial charge on any atom is 0.265 e. The van der Waals surface area contributed by atoms with Crippen molar-refractivity contribution in [3.63, 3.8) is 0 Å². The molecule has 2 aromatic carbocycles. The predicted octanol–water partition coefficient (Wildman–Crippen LogP) is 3.19. The molecule has 0 amide bonds. The van der Waals surface area contributed by atoms with Crippen molar-refractivity contribution in [1.82, 2.24) is 0 Å². The molecule has 0 radical (unpaired) electrons. The minimum atomic E-state index is -4.25. The zero-order chi connectivity index (χ0) is 19.5. The van der Waals surface area contributed by atoms with Crippen LogP contribution < -0.4 is 13.8 Å². The van der Waals surface area contributed by atoms with E-state index in [0.29, 0.717) is 5.75 Å². The van der Waals surface area contributed by atoms with Crippen LogP contribution in [0.2, 0.25) is 0 Å². The Hall–Kier alpha value is -2.32. The Morgan fingerprint density at radius 2 is 1.73 bits per heavy atom. The molecule has 0 aromatic heterocycles. The highest BCUT2D eigenvalue weighted by molar-refractivity contribution is 7.93. The standard InChI is InChI=1S/C17H17ClFNO5S/c1-11(17(18)21)20(15-10-13(24-2)6-9-16(15)25-3)26(22,23)14-7-4-12(19)5-8-14/h4-11H,1-3H3. The van der Waals surface area contributed by atoms with E-state index in [1.807, 2.05) is 0 Å². The van der Waals surface area contributed by atoms with Crippen molar-refractivity contribution in [3.05, 3.63) is 48.3 Å². The first-order valence-corrected chi connectivity index (χ1v) is 9.25. The van der Waals surface area contributed by atoms with Crippen LogP contribution in [-0.4, -0.2) is 33.9 Å². The molecule has 1 atom stereocenters. The molecule has 0 N–H and O–H groups in total. The van der Waals surface area contributed by atoms with Gasteiger partial charge in [-0.25, -0.2) is 12.8 Å². The Bertz CT molecular complexity index is 902. The summed E-state index contributed by atoms with van der Waals surface area (Å²) < 4.78 is 50.7. The summed E-state index contributed by atoms with van der Waals surface area (Å²) in [5.74, 6) is -0.0356. The number of hydrogen-bond acceptors (Lipinski definition) is 5. The van der Waals surface area contributed by atoms with Crippen molar-refractivity contribution >= 4 is 32.6 Å². The molecule has 0 bridgehead atoms. The molecule has 2 rings (SSSR count). The van der Waals surface area contributed by atoms with Gasteiger partial charge >= 0.3 is 0 Å². The van der Waals surface area contributed by atoms with Gasteiger partial charge in [0.05, 0.1) is 24.8 Å². The van der Waals surface area contributed by atoms with Crippen LogP contribution >= 0.6 is 11.6 Å². The van der Waals surface area contributed by atoms with Crippen LogP contribution in [0.5, 0.6) is 11.5 Å². The quantitative estimate of drug-likeness (QED) is 0.666. The molecule has 9 heteroatoms. The van der Waals surface area contributed by atoms with Crippen molar-refractivity contribution < 1.29 is 27.1 Å². The van der Waals surface area contributed by atoms with Crippen molar-refractivity contribution in [2.45, 2.75) is 17.9 Å². The zero-order valence-corrected chi connectivity index (χ0v) is 15.8. The monoisotopic (exact) mass is 401 g/mol. The number of sulfonamides is 1. The summed E-state index contributed by atoms with van der Waals surface area (Å²) in [7, 11) is -1.47. The van der Waals surface area contributed by atoms with Crippen molar-refractivity contribution in [2.75, 3.05) is 18.5 Å². The number of rotatable bonds is 7. The van der Waals surface area contributed by atoms with Crippen LogP contribution in [0.3, 0.4) is 0 Å². The van der Waals surface area contributed by atoms with Crippen molar-refractivity contribution in [2.24, 2.45) is 0 Å². The molecule has 26 heavy (non-hydrogen) atoms. The average molecular weight is 402 g/mol. The van der Waals surface area contributed by atoms with Crippen LogP contribution in [0.4, 0.5) is 10.1 Å². The molecule has 6 nitrogen and oxygen atoms in total. The highest BCUT2D eigenvalue weighted by Gasteiger charge is 2.35. The van der Waals surface area contributed by atoms with E-state index in [4.69, 9.17) is 21.1 Å². The molecular weight excluding hydrogens is 385 g/mol. The van der Waals surface area contributed by atoms with E-state index >= 15 is 0 Å². The topological polar surface area (TPSA) is 72.9 Å². The fourth-order valence-corrected chi connectivity index (χ4v) is 4.10. The molecule has 0 aliphatic carbocycles. The molecule has 0 saturated carbocycles. The number of halogens is 2. The summed E-state index contributed by atoms with van der Waals surface area (Å²) in [5, 5.41) is -0.888. The fraction of sp³-hybridized carbons (Fsp3) is 0.235. The Balaban J connectivity index is 2.72. The SMILES string of the molecule is COc1ccc(OC)c(N(C(C)C(=O)Cl)S(=O)(=O)c2ccc(F)cc2)c1. The van der Waals surface area contributed by atoms with E-state index in [1.54, 1.807) is 6.07 Å². The van der Waals surface area contributed by atoms with Gasteiger partial charge in [0.1, 0.15) is 23.4 Å². The maximum absolute atomic E-state index is 13.2. The van der Waals surface area contributed by atoms with E-state index in [-0.39, 0.29) is 16.3 Å². The number of nitrogens with zero attached hydrogens (tertiary/aromatic N) is 1. The zero-order valence-electron chi connectivity index (χ0n) is 14.3. The van der Waals surface area contributed by atoms with Gasteiger partial charge in [0, 0.05) is 6.07 Å². The number of ether oxygens (including phenoxy) is 2. The van der Waals surface area contributed by atoms with Gasteiger partial charge in [-0.05, 0) is 54.9 Å². The van der Waals surface area contributed by atoms with Crippen molar-refractivity contribution in [3.8, 4) is 11.5 Å². The van der Waals surface area contributed by atoms with Gasteiger partial charge in [-0.1, -0.05) is 0 Å². The van der Waals surface area contributed by atoms with Gasteiger partial charge in [-0.15, -0.1) is 0 Å². The number of carbonyl (C=O) groups excluding carboxylic acids is 1. The number of benzene rings is 2. The normalized spacial score (nSPS) is 12.3. The Morgan fingerprint density at radius 3 is 2.23 bits per heavy atom. The third-order valence-corrected chi connectivity index (χ3v) is 5.89. The summed E-state index contributed by atoms with van der Waals surface area (Å²) in [6, 6.07) is 7.50. The van der Waals surface area contributed by atoms with Crippen LogP contribution in [0.1, 0.15) is 6.92 Å². The van der Waals surface area contributed by atoms with Crippen molar-refractivity contribution in [1.29, 1.82) is 0 Å². The third-order valence-electron chi connectivity index (χ3n) is 3.67. The van der Waals surface area contributed by atoms with Crippen LogP contribution in [0.15, 0.2) is 47.4 Å². The molecule has 2 aromatic rings. The maximum atomic E-state index is 13.2. The molecular formula is C17H17ClFNO5S. The predicted molar refractivity (Wildman–Crippen MR) is 95.9 cm³/mol. The van der Waals surface area contributed by atoms with Gasteiger partial charge in [0.25, 0.3) is 10.0 Å². The smallest absolute Gasteiger partial charge is 0.265 e. The van der Waals surface area contributed by atoms with Crippen LogP contribution in [-0.2, 0) is 14.8 Å². The molecule has 0 aliphatic rings. The summed E-state index contributed by atoms with van der Waals surface area (Å²) in [4.78, 5) is 11.6. The molecule has 0 fully saturated rings. The van der Waals surface area contributed by atoms with E-state index in [0.717, 1.165) is 28.6 Å². The molecule has 0 aliphatic heterocycles. The van der Waals surface area contributed by atoms with Crippen LogP contribution in [0, 0.1) is 5.82 Å². The summed E-state index contributed by atoms with van der Waals surface area (Å²) in [6.45, 7) is 1.34. The average Bonchev–Trinajstić information content (AvgIpc) is 2.61. The second-order valence-corrected chi connectivity index (χ2v) is 7.46. The van der Waals surface area contributed by atoms with E-state index in [9.17, 15) is 17.6 Å². The lowest BCUT2D eigenvalue weighted by Crippen LogP contribution is -2.42. The lowest BCUT2D eigenvalue weighted by Gasteiger charge is -2.29. The Labute approximate surface area is 156 Å². The van der Waals surface area contributed by atoms with Gasteiger partial charge in [-0.3, -0.25) is 9.10 Å². The molecule has 1 unspecified atom stereocenters. The number of carbonyl (C=O) groups is 1. The number of methoxy groups -OCH3 is 2. The second kappa shape index (κ2) is 7.92. The number of anilines is 1. The molecule has 0 heterocycles. The molecule has 0 saturated heterocycles. The van der Waals surface area contributed by atoms with E-state index in [1.165, 1.54) is 33.3 Å². The fourth-order valence-electron chi connectivity index (χ4n) is 2.33. The van der Waals surface area contributed by atoms with E-state index < -0.39 is 27.1 Å². The minimum Gasteiger partial charge on any atom is -0.497 e. The largest absolute Gasteiger partial charge is 0.497 e. The highest BCUT2D eigenvalue weighted by Crippen LogP contribution is 2.37. The summed E-state index contributed by atoms with van der Waals surface area (Å²) in [6.07, 6.45) is 0. The lowest BCUT2D eigenvalue weighted by molar-refractivity contribution is -0.112.